The van der Waals surface area contributed by atoms with Gasteiger partial charge in [-0.15, -0.1) is 0 Å². The summed E-state index contributed by atoms with van der Waals surface area (Å²) in [6.07, 6.45) is 0. The van der Waals surface area contributed by atoms with Gasteiger partial charge >= 0.3 is 0 Å². The first-order valence-electron chi connectivity index (χ1n) is 4.15. The smallest absolute Gasteiger partial charge is 0.143 e. The van der Waals surface area contributed by atoms with E-state index in [2.05, 4.69) is 20.9 Å². The molecule has 0 aliphatic heterocycles. The van der Waals surface area contributed by atoms with Crippen molar-refractivity contribution in [2.45, 2.75) is 6.92 Å². The fraction of sp³-hybridized carbons (Fsp3) is 0.200. The summed E-state index contributed by atoms with van der Waals surface area (Å²) in [5, 5.41) is 1.75. The molecule has 0 saturated carbocycles. The van der Waals surface area contributed by atoms with E-state index in [1.54, 1.807) is 7.11 Å². The molecule has 0 saturated heterocycles. The lowest BCUT2D eigenvalue weighted by atomic mass is 10.2. The molecule has 1 heterocycles. The monoisotopic (exact) mass is 273 g/mol. The Labute approximate surface area is 95.3 Å². The molecule has 0 bridgehead atoms. The molecule has 2 nitrogen and oxygen atoms in total. The summed E-state index contributed by atoms with van der Waals surface area (Å²) < 4.78 is 6.18. The Balaban J connectivity index is 2.91. The van der Waals surface area contributed by atoms with Crippen LogP contribution in [0.4, 0.5) is 0 Å². The van der Waals surface area contributed by atoms with Crippen LogP contribution in [0.25, 0.3) is 10.9 Å². The topological polar surface area (TPSA) is 25.0 Å². The van der Waals surface area contributed by atoms with Crippen molar-refractivity contribution >= 4 is 38.4 Å². The summed E-state index contributed by atoms with van der Waals surface area (Å²) >= 11 is 9.54. The molecule has 0 atom stereocenters. The van der Waals surface area contributed by atoms with E-state index >= 15 is 0 Å². The molecule has 0 radical (unpaired) electrons. The quantitative estimate of drug-likeness (QED) is 0.838. The summed E-state index contributed by atoms with van der Waals surface area (Å²) in [6.45, 7) is 2.01. The van der Waals surface area contributed by atoms with E-state index in [9.17, 15) is 0 Å². The van der Waals surface area contributed by atoms with E-state index in [0.717, 1.165) is 31.8 Å². The number of rotatable bonds is 1. The molecule has 4 heteroatoms. The summed E-state index contributed by atoms with van der Waals surface area (Å²) in [7, 11) is 1.65. The predicted molar refractivity (Wildman–Crippen MR) is 62.3 cm³/mol. The second kappa shape index (κ2) is 3.48. The maximum Gasteiger partial charge on any atom is 0.143 e. The summed E-state index contributed by atoms with van der Waals surface area (Å²) in [5.41, 5.74) is 2.04. The molecule has 0 spiro atoms. The largest absolute Gasteiger partial charge is 0.495 e. The molecule has 0 fully saturated rings. The molecule has 1 aromatic heterocycles. The lowest BCUT2D eigenvalue weighted by Crippen LogP contribution is -1.84. The van der Waals surface area contributed by atoms with Gasteiger partial charge in [0.2, 0.25) is 0 Å². The first-order chi connectivity index (χ1) is 6.65. The number of aromatic amines is 1. The molecule has 0 aliphatic rings. The Kier molecular flexibility index (Phi) is 2.45. The van der Waals surface area contributed by atoms with Gasteiger partial charge in [-0.25, -0.2) is 0 Å². The van der Waals surface area contributed by atoms with Gasteiger partial charge in [-0.1, -0.05) is 11.6 Å². The molecule has 1 aromatic carbocycles. The fourth-order valence-corrected chi connectivity index (χ4v) is 2.23. The zero-order chi connectivity index (χ0) is 10.3. The van der Waals surface area contributed by atoms with Crippen LogP contribution in [0.2, 0.25) is 5.02 Å². The first-order valence-corrected chi connectivity index (χ1v) is 5.32. The SMILES string of the molecule is COc1ccc(Cl)c2c(C)c(Br)[nH]c12. The van der Waals surface area contributed by atoms with E-state index in [1.165, 1.54) is 0 Å². The minimum absolute atomic E-state index is 0.736. The van der Waals surface area contributed by atoms with Crippen molar-refractivity contribution in [3.8, 4) is 5.75 Å². The number of H-pyrrole nitrogens is 1. The normalized spacial score (nSPS) is 10.9. The van der Waals surface area contributed by atoms with Crippen molar-refractivity contribution in [3.63, 3.8) is 0 Å². The summed E-state index contributed by atoms with van der Waals surface area (Å²) in [4.78, 5) is 3.19. The molecule has 2 aromatic rings. The van der Waals surface area contributed by atoms with Gasteiger partial charge in [0.25, 0.3) is 0 Å². The van der Waals surface area contributed by atoms with Crippen LogP contribution in [0, 0.1) is 6.92 Å². The van der Waals surface area contributed by atoms with Gasteiger partial charge in [-0.2, -0.15) is 0 Å². The molecule has 0 amide bonds. The number of ether oxygens (including phenoxy) is 1. The number of fused-ring (bicyclic) bond motifs is 1. The van der Waals surface area contributed by atoms with Crippen LogP contribution in [0.1, 0.15) is 5.56 Å². The van der Waals surface area contributed by atoms with Gasteiger partial charge in [0, 0.05) is 5.39 Å². The second-order valence-corrected chi connectivity index (χ2v) is 4.26. The molecular formula is C10H9BrClNO. The lowest BCUT2D eigenvalue weighted by molar-refractivity contribution is 0.419. The minimum Gasteiger partial charge on any atom is -0.495 e. The third-order valence-electron chi connectivity index (χ3n) is 2.28. The number of halogens is 2. The van der Waals surface area contributed by atoms with Crippen LogP contribution in [0.15, 0.2) is 16.7 Å². The summed E-state index contributed by atoms with van der Waals surface area (Å²) in [5.74, 6) is 0.804. The van der Waals surface area contributed by atoms with Gasteiger partial charge in [-0.3, -0.25) is 0 Å². The Hall–Kier alpha value is -0.670. The van der Waals surface area contributed by atoms with Crippen LogP contribution in [0.5, 0.6) is 5.75 Å². The van der Waals surface area contributed by atoms with Crippen molar-refractivity contribution < 1.29 is 4.74 Å². The maximum atomic E-state index is 6.11. The van der Waals surface area contributed by atoms with E-state index in [-0.39, 0.29) is 0 Å². The van der Waals surface area contributed by atoms with Crippen molar-refractivity contribution in [2.24, 2.45) is 0 Å². The number of nitrogens with one attached hydrogen (secondary N) is 1. The zero-order valence-corrected chi connectivity index (χ0v) is 10.2. The fourth-order valence-electron chi connectivity index (χ4n) is 1.53. The Bertz CT molecular complexity index is 492. The van der Waals surface area contributed by atoms with Crippen molar-refractivity contribution in [1.82, 2.24) is 4.98 Å². The number of aromatic nitrogens is 1. The molecule has 0 aliphatic carbocycles. The van der Waals surface area contributed by atoms with E-state index in [0.29, 0.717) is 0 Å². The van der Waals surface area contributed by atoms with Crippen LogP contribution in [0.3, 0.4) is 0 Å². The van der Waals surface area contributed by atoms with Crippen molar-refractivity contribution in [3.05, 3.63) is 27.3 Å². The number of hydrogen-bond acceptors (Lipinski definition) is 1. The number of aryl methyl sites for hydroxylation is 1. The average molecular weight is 275 g/mol. The number of hydrogen-bond donors (Lipinski definition) is 1. The molecule has 14 heavy (non-hydrogen) atoms. The van der Waals surface area contributed by atoms with Gasteiger partial charge in [0.15, 0.2) is 0 Å². The zero-order valence-electron chi connectivity index (χ0n) is 7.82. The maximum absolute atomic E-state index is 6.11. The van der Waals surface area contributed by atoms with Gasteiger partial charge in [0.05, 0.1) is 22.3 Å². The van der Waals surface area contributed by atoms with Gasteiger partial charge in [-0.05, 0) is 40.5 Å². The Morgan fingerprint density at radius 3 is 2.79 bits per heavy atom. The molecule has 1 N–H and O–H groups in total. The van der Waals surface area contributed by atoms with Crippen LogP contribution in [-0.2, 0) is 0 Å². The molecular weight excluding hydrogens is 265 g/mol. The molecule has 2 rings (SSSR count). The Morgan fingerprint density at radius 2 is 2.14 bits per heavy atom. The van der Waals surface area contributed by atoms with Crippen molar-refractivity contribution in [1.29, 1.82) is 0 Å². The second-order valence-electron chi connectivity index (χ2n) is 3.06. The van der Waals surface area contributed by atoms with Crippen LogP contribution in [-0.4, -0.2) is 12.1 Å². The highest BCUT2D eigenvalue weighted by molar-refractivity contribution is 9.10. The van der Waals surface area contributed by atoms with E-state index in [4.69, 9.17) is 16.3 Å². The third kappa shape index (κ3) is 1.31. The highest BCUT2D eigenvalue weighted by atomic mass is 79.9. The lowest BCUT2D eigenvalue weighted by Gasteiger charge is -2.02. The Morgan fingerprint density at radius 1 is 1.43 bits per heavy atom. The van der Waals surface area contributed by atoms with Crippen LogP contribution < -0.4 is 4.74 Å². The first kappa shape index (κ1) is 9.87. The van der Waals surface area contributed by atoms with Gasteiger partial charge < -0.3 is 9.72 Å². The number of benzene rings is 1. The molecule has 74 valence electrons. The third-order valence-corrected chi connectivity index (χ3v) is 3.38. The van der Waals surface area contributed by atoms with E-state index < -0.39 is 0 Å². The highest BCUT2D eigenvalue weighted by Gasteiger charge is 2.12. The standard InChI is InChI=1S/C10H9BrClNO/c1-5-8-6(12)3-4-7(14-2)9(8)13-10(5)11/h3-4,13H,1-2H3. The summed E-state index contributed by atoms with van der Waals surface area (Å²) in [6, 6.07) is 3.70. The minimum atomic E-state index is 0.736. The van der Waals surface area contributed by atoms with Crippen LogP contribution >= 0.6 is 27.5 Å². The van der Waals surface area contributed by atoms with Gasteiger partial charge in [0.1, 0.15) is 5.75 Å². The predicted octanol–water partition coefficient (Wildman–Crippen LogP) is 3.90. The molecule has 0 unspecified atom stereocenters. The van der Waals surface area contributed by atoms with E-state index in [1.807, 2.05) is 19.1 Å². The highest BCUT2D eigenvalue weighted by Crippen LogP contribution is 2.36. The number of methoxy groups -OCH3 is 1. The van der Waals surface area contributed by atoms with Crippen molar-refractivity contribution in [2.75, 3.05) is 7.11 Å². The average Bonchev–Trinajstić information content (AvgIpc) is 2.45.